The number of hydrogen-bond acceptors (Lipinski definition) is 14. The number of aromatic nitrogens is 2. The lowest BCUT2D eigenvalue weighted by Gasteiger charge is -2.26. The van der Waals surface area contributed by atoms with Crippen molar-refractivity contribution in [3.8, 4) is 22.6 Å². The second kappa shape index (κ2) is 17.6. The number of carbonyl (C=O) groups excluding carboxylic acids is 2. The number of aryl methyl sites for hydroxylation is 1. The van der Waals surface area contributed by atoms with E-state index < -0.39 is 22.9 Å². The Bertz CT molecular complexity index is 1900. The number of unbranched alkanes of at least 4 members (excludes halogenated alkanes) is 2. The largest absolute Gasteiger partial charge is 0.510 e. The molecule has 52 heavy (non-hydrogen) atoms. The number of anilines is 1. The van der Waals surface area contributed by atoms with Gasteiger partial charge < -0.3 is 23.3 Å². The summed E-state index contributed by atoms with van der Waals surface area (Å²) in [6.07, 6.45) is 3.58. The van der Waals surface area contributed by atoms with Gasteiger partial charge in [0.25, 0.3) is 10.0 Å². The van der Waals surface area contributed by atoms with Crippen molar-refractivity contribution in [2.45, 2.75) is 71.7 Å². The van der Waals surface area contributed by atoms with Crippen LogP contribution >= 0.6 is 0 Å². The first-order chi connectivity index (χ1) is 24.6. The number of ether oxygens (including phenoxy) is 2. The number of hydrogen-bond donors (Lipinski definition) is 2. The Morgan fingerprint density at radius 1 is 0.962 bits per heavy atom. The molecule has 282 valence electrons. The highest BCUT2D eigenvalue weighted by Gasteiger charge is 2.33. The van der Waals surface area contributed by atoms with E-state index >= 15 is 0 Å². The number of carbonyl (C=O) groups is 2. The standard InChI is InChI=1S/C35H45N5O11S/c1-24-25(2)51-37-32(24)39(23-49-34(42)48-17-10-7-11-18-50-40(43)44)52(45,46)30-13-9-8-12-29(30)28-15-14-26(33-36-16-19-47-33)20-27(28)22-38(6)31(41)21-35(3,4)5/h8-9,12-16,19-20,43-44H,7,10-11,17-18,21-23H2,1-6H3. The lowest BCUT2D eigenvalue weighted by Crippen LogP contribution is -2.35. The normalized spacial score (nSPS) is 11.9. The summed E-state index contributed by atoms with van der Waals surface area (Å²) in [5.74, 6) is 0.571. The van der Waals surface area contributed by atoms with Gasteiger partial charge in [0.05, 0.1) is 29.7 Å². The smallest absolute Gasteiger partial charge is 0.445 e. The highest BCUT2D eigenvalue weighted by atomic mass is 32.2. The zero-order valence-corrected chi connectivity index (χ0v) is 30.9. The molecule has 0 fully saturated rings. The van der Waals surface area contributed by atoms with Crippen molar-refractivity contribution in [3.05, 3.63) is 71.8 Å². The van der Waals surface area contributed by atoms with Crippen LogP contribution in [0.4, 0.5) is 10.6 Å². The summed E-state index contributed by atoms with van der Waals surface area (Å²) in [5, 5.41) is 20.7. The summed E-state index contributed by atoms with van der Waals surface area (Å²) in [7, 11) is -2.82. The van der Waals surface area contributed by atoms with Crippen molar-refractivity contribution in [2.24, 2.45) is 5.41 Å². The molecule has 0 bridgehead atoms. The molecule has 4 aromatic rings. The predicted molar refractivity (Wildman–Crippen MR) is 186 cm³/mol. The molecule has 1 amide bonds. The molecule has 0 atom stereocenters. The number of rotatable bonds is 17. The minimum absolute atomic E-state index is 0.0303. The van der Waals surface area contributed by atoms with Crippen molar-refractivity contribution < 1.29 is 51.7 Å². The fraction of sp³-hybridized carbons (Fsp3) is 0.429. The van der Waals surface area contributed by atoms with Gasteiger partial charge in [-0.15, -0.1) is 0 Å². The minimum atomic E-state index is -4.51. The van der Waals surface area contributed by atoms with Crippen molar-refractivity contribution in [3.63, 3.8) is 0 Å². The molecule has 0 aliphatic heterocycles. The summed E-state index contributed by atoms with van der Waals surface area (Å²) >= 11 is 0. The van der Waals surface area contributed by atoms with Gasteiger partial charge in [-0.05, 0) is 67.9 Å². The zero-order valence-electron chi connectivity index (χ0n) is 30.1. The SMILES string of the molecule is Cc1onc(N(COC(=O)OCCCCCON(O)O)S(=O)(=O)c2ccccc2-c2ccc(-c3ncco3)cc2CN(C)C(=O)CC(C)(C)C)c1C. The van der Waals surface area contributed by atoms with Gasteiger partial charge >= 0.3 is 6.16 Å². The van der Waals surface area contributed by atoms with Gasteiger partial charge in [-0.2, -0.15) is 0 Å². The topological polar surface area (TPSA) is 198 Å². The third kappa shape index (κ3) is 10.6. The van der Waals surface area contributed by atoms with Gasteiger partial charge in [-0.25, -0.2) is 22.5 Å². The van der Waals surface area contributed by atoms with Crippen molar-refractivity contribution in [2.75, 3.05) is 31.3 Å². The van der Waals surface area contributed by atoms with Gasteiger partial charge in [0.15, 0.2) is 12.5 Å². The fourth-order valence-electron chi connectivity index (χ4n) is 5.17. The number of oxazole rings is 1. The molecule has 2 aromatic carbocycles. The van der Waals surface area contributed by atoms with Crippen LogP contribution in [0.1, 0.15) is 63.3 Å². The van der Waals surface area contributed by atoms with E-state index in [1.165, 1.54) is 18.5 Å². The van der Waals surface area contributed by atoms with Gasteiger partial charge in [0.2, 0.25) is 11.8 Å². The predicted octanol–water partition coefficient (Wildman–Crippen LogP) is 6.50. The molecule has 17 heteroatoms. The maximum atomic E-state index is 14.6. The van der Waals surface area contributed by atoms with E-state index in [1.54, 1.807) is 56.1 Å². The summed E-state index contributed by atoms with van der Waals surface area (Å²) in [6.45, 7) is 8.58. The maximum absolute atomic E-state index is 14.6. The van der Waals surface area contributed by atoms with Crippen molar-refractivity contribution >= 4 is 27.9 Å². The first kappa shape index (κ1) is 40.0. The van der Waals surface area contributed by atoms with Crippen LogP contribution in [0, 0.1) is 19.3 Å². The molecule has 2 heterocycles. The molecule has 4 rings (SSSR count). The Kier molecular flexibility index (Phi) is 13.5. The molecule has 16 nitrogen and oxygen atoms in total. The lowest BCUT2D eigenvalue weighted by molar-refractivity contribution is -0.492. The maximum Gasteiger partial charge on any atom is 0.510 e. The monoisotopic (exact) mass is 743 g/mol. The van der Waals surface area contributed by atoms with Crippen LogP contribution in [0.25, 0.3) is 22.6 Å². The van der Waals surface area contributed by atoms with Crippen LogP contribution in [0.3, 0.4) is 0 Å². The van der Waals surface area contributed by atoms with Crippen LogP contribution in [0.5, 0.6) is 0 Å². The Morgan fingerprint density at radius 3 is 2.35 bits per heavy atom. The van der Waals surface area contributed by atoms with Crippen LogP contribution in [-0.4, -0.2) is 78.3 Å². The summed E-state index contributed by atoms with van der Waals surface area (Å²) < 4.78 is 51.3. The Labute approximate surface area is 302 Å². The molecule has 0 unspecified atom stereocenters. The van der Waals surface area contributed by atoms with Crippen LogP contribution in [0.15, 0.2) is 68.8 Å². The van der Waals surface area contributed by atoms with Gasteiger partial charge in [-0.1, -0.05) is 50.2 Å². The number of nitrogens with zero attached hydrogens (tertiary/aromatic N) is 5. The third-order valence-corrected chi connectivity index (χ3v) is 9.70. The zero-order chi connectivity index (χ0) is 38.1. The van der Waals surface area contributed by atoms with E-state index in [1.807, 2.05) is 26.8 Å². The Hall–Kier alpha value is -4.81. The highest BCUT2D eigenvalue weighted by molar-refractivity contribution is 7.93. The lowest BCUT2D eigenvalue weighted by atomic mass is 9.91. The fourth-order valence-corrected chi connectivity index (χ4v) is 6.70. The van der Waals surface area contributed by atoms with E-state index in [-0.39, 0.29) is 47.2 Å². The summed E-state index contributed by atoms with van der Waals surface area (Å²) in [4.78, 5) is 36.0. The molecule has 0 saturated heterocycles. The second-order valence-electron chi connectivity index (χ2n) is 13.3. The highest BCUT2D eigenvalue weighted by Crippen LogP contribution is 2.37. The number of benzene rings is 2. The van der Waals surface area contributed by atoms with Crippen molar-refractivity contribution in [1.29, 1.82) is 0 Å². The molecular weight excluding hydrogens is 698 g/mol. The van der Waals surface area contributed by atoms with Gasteiger partial charge in [0.1, 0.15) is 12.0 Å². The molecule has 0 saturated carbocycles. The van der Waals surface area contributed by atoms with E-state index in [2.05, 4.69) is 15.0 Å². The average Bonchev–Trinajstić information content (AvgIpc) is 3.74. The number of sulfonamides is 1. The van der Waals surface area contributed by atoms with E-state index in [0.29, 0.717) is 65.2 Å². The third-order valence-electron chi connectivity index (χ3n) is 7.93. The Morgan fingerprint density at radius 2 is 1.69 bits per heavy atom. The molecule has 2 aromatic heterocycles. The van der Waals surface area contributed by atoms with Gasteiger partial charge in [-0.3, -0.25) is 20.0 Å². The minimum Gasteiger partial charge on any atom is -0.445 e. The van der Waals surface area contributed by atoms with Gasteiger partial charge in [0, 0.05) is 36.7 Å². The van der Waals surface area contributed by atoms with Crippen LogP contribution in [-0.2, 0) is 35.7 Å². The first-order valence-corrected chi connectivity index (χ1v) is 17.9. The first-order valence-electron chi connectivity index (χ1n) is 16.5. The van der Waals surface area contributed by atoms with Crippen LogP contribution < -0.4 is 4.31 Å². The molecule has 0 radical (unpaired) electrons. The quantitative estimate of drug-likeness (QED) is 0.0514. The van der Waals surface area contributed by atoms with E-state index in [4.69, 9.17) is 28.8 Å². The summed E-state index contributed by atoms with van der Waals surface area (Å²) in [6, 6.07) is 11.7. The van der Waals surface area contributed by atoms with E-state index in [0.717, 1.165) is 4.31 Å². The second-order valence-corrected chi connectivity index (χ2v) is 15.1. The molecular formula is C35H45N5O11S. The van der Waals surface area contributed by atoms with E-state index in [9.17, 15) is 18.0 Å². The molecule has 0 aliphatic carbocycles. The molecule has 0 spiro atoms. The average molecular weight is 744 g/mol. The summed E-state index contributed by atoms with van der Waals surface area (Å²) in [5.41, 5.74) is 2.31. The molecule has 0 aliphatic rings. The van der Waals surface area contributed by atoms with Crippen LogP contribution in [0.2, 0.25) is 0 Å². The molecule has 2 N–H and O–H groups in total. The Balaban J connectivity index is 1.66. The van der Waals surface area contributed by atoms with Crippen molar-refractivity contribution in [1.82, 2.24) is 20.4 Å². The number of amides is 1.